The summed E-state index contributed by atoms with van der Waals surface area (Å²) >= 11 is 0. The molecule has 0 spiro atoms. The zero-order valence-corrected chi connectivity index (χ0v) is 7.25. The van der Waals surface area contributed by atoms with Crippen LogP contribution in [0.3, 0.4) is 0 Å². The Morgan fingerprint density at radius 2 is 2.15 bits per heavy atom. The third-order valence-corrected chi connectivity index (χ3v) is 1.74. The number of hydrogen-bond donors (Lipinski definition) is 1. The Bertz CT molecular complexity index is 404. The molecule has 2 aromatic rings. The summed E-state index contributed by atoms with van der Waals surface area (Å²) in [5, 5.41) is 17.1. The molecule has 0 amide bonds. The van der Waals surface area contributed by atoms with Crippen molar-refractivity contribution in [3.05, 3.63) is 30.2 Å². The predicted octanol–water partition coefficient (Wildman–Crippen LogP) is 0.0981. The molecule has 0 aliphatic carbocycles. The van der Waals surface area contributed by atoms with Crippen LogP contribution in [0, 0.1) is 0 Å². The maximum absolute atomic E-state index is 8.80. The van der Waals surface area contributed by atoms with Crippen molar-refractivity contribution in [3.8, 4) is 5.82 Å². The molecular weight excluding hydrogens is 168 g/mol. The van der Waals surface area contributed by atoms with Gasteiger partial charge in [-0.05, 0) is 6.07 Å². The van der Waals surface area contributed by atoms with Crippen LogP contribution in [0.1, 0.15) is 5.69 Å². The Morgan fingerprint density at radius 3 is 2.69 bits per heavy atom. The summed E-state index contributed by atoms with van der Waals surface area (Å²) in [6.45, 7) is -0.0418. The number of hydrogen-bond acceptors (Lipinski definition) is 3. The standard InChI is InChI=1S/C8H10N4O/c1-11-4-3-8(10-11)12-5-2-7(6-13)9-12/h2-5,13H,6H2,1H3. The molecule has 0 unspecified atom stereocenters. The van der Waals surface area contributed by atoms with Gasteiger partial charge in [-0.25, -0.2) is 4.68 Å². The molecule has 0 aromatic carbocycles. The molecule has 5 heteroatoms. The van der Waals surface area contributed by atoms with Crippen LogP contribution in [0.15, 0.2) is 24.5 Å². The molecule has 0 saturated heterocycles. The topological polar surface area (TPSA) is 55.9 Å². The van der Waals surface area contributed by atoms with Gasteiger partial charge in [0.25, 0.3) is 0 Å². The van der Waals surface area contributed by atoms with E-state index in [4.69, 9.17) is 5.11 Å². The van der Waals surface area contributed by atoms with Crippen LogP contribution in [0.2, 0.25) is 0 Å². The smallest absolute Gasteiger partial charge is 0.174 e. The minimum atomic E-state index is -0.0418. The van der Waals surface area contributed by atoms with Gasteiger partial charge in [-0.3, -0.25) is 4.68 Å². The molecule has 5 nitrogen and oxygen atoms in total. The second-order valence-electron chi connectivity index (χ2n) is 2.76. The Kier molecular flexibility index (Phi) is 1.86. The Morgan fingerprint density at radius 1 is 1.31 bits per heavy atom. The zero-order chi connectivity index (χ0) is 9.26. The first-order valence-corrected chi connectivity index (χ1v) is 3.95. The fraction of sp³-hybridized carbons (Fsp3) is 0.250. The van der Waals surface area contributed by atoms with Crippen LogP contribution in [-0.2, 0) is 13.7 Å². The lowest BCUT2D eigenvalue weighted by Gasteiger charge is -1.93. The fourth-order valence-electron chi connectivity index (χ4n) is 1.10. The van der Waals surface area contributed by atoms with Crippen LogP contribution in [0.4, 0.5) is 0 Å². The second-order valence-corrected chi connectivity index (χ2v) is 2.76. The van der Waals surface area contributed by atoms with Crippen LogP contribution in [0.25, 0.3) is 5.82 Å². The summed E-state index contributed by atoms with van der Waals surface area (Å²) in [6.07, 6.45) is 3.61. The highest BCUT2D eigenvalue weighted by molar-refractivity contribution is 5.19. The second kappa shape index (κ2) is 3.02. The van der Waals surface area contributed by atoms with Crippen LogP contribution >= 0.6 is 0 Å². The third kappa shape index (κ3) is 1.46. The summed E-state index contributed by atoms with van der Waals surface area (Å²) in [5.41, 5.74) is 0.644. The molecule has 68 valence electrons. The van der Waals surface area contributed by atoms with Crippen molar-refractivity contribution in [2.24, 2.45) is 7.05 Å². The molecule has 2 heterocycles. The molecule has 0 atom stereocenters. The lowest BCUT2D eigenvalue weighted by molar-refractivity contribution is 0.276. The molecule has 1 N–H and O–H groups in total. The zero-order valence-electron chi connectivity index (χ0n) is 7.25. The first-order chi connectivity index (χ1) is 6.29. The van der Waals surface area contributed by atoms with Gasteiger partial charge < -0.3 is 5.11 Å². The van der Waals surface area contributed by atoms with E-state index in [1.165, 1.54) is 0 Å². The van der Waals surface area contributed by atoms with E-state index in [0.717, 1.165) is 5.82 Å². The molecule has 0 fully saturated rings. The Hall–Kier alpha value is -1.62. The first-order valence-electron chi connectivity index (χ1n) is 3.95. The van der Waals surface area contributed by atoms with Crippen molar-refractivity contribution in [1.29, 1.82) is 0 Å². The highest BCUT2D eigenvalue weighted by atomic mass is 16.3. The molecule has 0 bridgehead atoms. The SMILES string of the molecule is Cn1ccc(-n2ccc(CO)n2)n1. The van der Waals surface area contributed by atoms with Gasteiger partial charge in [-0.2, -0.15) is 10.2 Å². The third-order valence-electron chi connectivity index (χ3n) is 1.74. The summed E-state index contributed by atoms with van der Waals surface area (Å²) < 4.78 is 3.33. The summed E-state index contributed by atoms with van der Waals surface area (Å²) in [5.74, 6) is 0.752. The minimum Gasteiger partial charge on any atom is -0.390 e. The first kappa shape index (κ1) is 8.00. The number of aryl methyl sites for hydroxylation is 1. The van der Waals surface area contributed by atoms with Crippen LogP contribution in [0.5, 0.6) is 0 Å². The van der Waals surface area contributed by atoms with Gasteiger partial charge in [-0.1, -0.05) is 0 Å². The average molecular weight is 178 g/mol. The van der Waals surface area contributed by atoms with Gasteiger partial charge in [0.2, 0.25) is 0 Å². The van der Waals surface area contributed by atoms with Crippen molar-refractivity contribution < 1.29 is 5.11 Å². The van der Waals surface area contributed by atoms with Crippen molar-refractivity contribution in [3.63, 3.8) is 0 Å². The number of nitrogens with zero attached hydrogens (tertiary/aromatic N) is 4. The Labute approximate surface area is 75.2 Å². The molecular formula is C8H10N4O. The van der Waals surface area contributed by atoms with E-state index in [2.05, 4.69) is 10.2 Å². The number of aliphatic hydroxyl groups excluding tert-OH is 1. The number of rotatable bonds is 2. The van der Waals surface area contributed by atoms with E-state index in [1.807, 2.05) is 19.3 Å². The van der Waals surface area contributed by atoms with E-state index in [9.17, 15) is 0 Å². The van der Waals surface area contributed by atoms with E-state index in [1.54, 1.807) is 21.6 Å². The lowest BCUT2D eigenvalue weighted by atomic mass is 10.5. The molecule has 0 radical (unpaired) electrons. The maximum atomic E-state index is 8.80. The highest BCUT2D eigenvalue weighted by Crippen LogP contribution is 2.03. The highest BCUT2D eigenvalue weighted by Gasteiger charge is 2.01. The van der Waals surface area contributed by atoms with Gasteiger partial charge in [0, 0.05) is 25.5 Å². The maximum Gasteiger partial charge on any atom is 0.174 e. The van der Waals surface area contributed by atoms with Crippen molar-refractivity contribution >= 4 is 0 Å². The van der Waals surface area contributed by atoms with Crippen molar-refractivity contribution in [2.45, 2.75) is 6.61 Å². The lowest BCUT2D eigenvalue weighted by Crippen LogP contribution is -1.98. The predicted molar refractivity (Wildman–Crippen MR) is 46.3 cm³/mol. The Balaban J connectivity index is 2.35. The summed E-state index contributed by atoms with van der Waals surface area (Å²) in [4.78, 5) is 0. The molecule has 13 heavy (non-hydrogen) atoms. The van der Waals surface area contributed by atoms with Crippen LogP contribution < -0.4 is 0 Å². The average Bonchev–Trinajstić information content (AvgIpc) is 2.71. The van der Waals surface area contributed by atoms with E-state index >= 15 is 0 Å². The minimum absolute atomic E-state index is 0.0418. The molecule has 0 saturated carbocycles. The van der Waals surface area contributed by atoms with Crippen molar-refractivity contribution in [2.75, 3.05) is 0 Å². The van der Waals surface area contributed by atoms with Gasteiger partial charge in [0.05, 0.1) is 12.3 Å². The van der Waals surface area contributed by atoms with E-state index in [0.29, 0.717) is 5.69 Å². The largest absolute Gasteiger partial charge is 0.390 e. The quantitative estimate of drug-likeness (QED) is 0.709. The van der Waals surface area contributed by atoms with Crippen molar-refractivity contribution in [1.82, 2.24) is 19.6 Å². The summed E-state index contributed by atoms with van der Waals surface area (Å²) in [6, 6.07) is 3.61. The van der Waals surface area contributed by atoms with Gasteiger partial charge in [0.15, 0.2) is 5.82 Å². The molecule has 2 aromatic heterocycles. The number of aliphatic hydroxyl groups is 1. The van der Waals surface area contributed by atoms with Crippen LogP contribution in [-0.4, -0.2) is 24.7 Å². The molecule has 2 rings (SSSR count). The van der Waals surface area contributed by atoms with E-state index in [-0.39, 0.29) is 6.61 Å². The van der Waals surface area contributed by atoms with Gasteiger partial charge >= 0.3 is 0 Å². The molecule has 0 aliphatic rings. The molecule has 0 aliphatic heterocycles. The van der Waals surface area contributed by atoms with E-state index < -0.39 is 0 Å². The fourth-order valence-corrected chi connectivity index (χ4v) is 1.10. The number of aromatic nitrogens is 4. The summed E-state index contributed by atoms with van der Waals surface area (Å²) in [7, 11) is 1.85. The monoisotopic (exact) mass is 178 g/mol. The normalized spacial score (nSPS) is 10.6. The van der Waals surface area contributed by atoms with Gasteiger partial charge in [-0.15, -0.1) is 0 Å². The van der Waals surface area contributed by atoms with Gasteiger partial charge in [0.1, 0.15) is 0 Å².